The van der Waals surface area contributed by atoms with Crippen molar-refractivity contribution < 1.29 is 4.79 Å². The number of nitrogens with zero attached hydrogens (tertiary/aromatic N) is 1. The Morgan fingerprint density at radius 1 is 1.38 bits per heavy atom. The molecular weight excluding hydrogens is 348 g/mol. The van der Waals surface area contributed by atoms with Crippen molar-refractivity contribution in [3.05, 3.63) is 20.3 Å². The second kappa shape index (κ2) is 6.80. The SMILES string of the molecule is CC(NC1CCCc2sc(Br)cc21)C(=O)N1CCCCC1. The smallest absolute Gasteiger partial charge is 0.239 e. The van der Waals surface area contributed by atoms with Crippen LogP contribution in [0.2, 0.25) is 0 Å². The Kier molecular flexibility index (Phi) is 5.02. The van der Waals surface area contributed by atoms with E-state index in [0.29, 0.717) is 6.04 Å². The molecule has 1 saturated heterocycles. The predicted molar refractivity (Wildman–Crippen MR) is 90.7 cm³/mol. The van der Waals surface area contributed by atoms with Crippen molar-refractivity contribution >= 4 is 33.2 Å². The molecule has 1 fully saturated rings. The van der Waals surface area contributed by atoms with Crippen LogP contribution in [0.4, 0.5) is 0 Å². The van der Waals surface area contributed by atoms with Gasteiger partial charge in [-0.2, -0.15) is 0 Å². The maximum Gasteiger partial charge on any atom is 0.239 e. The quantitative estimate of drug-likeness (QED) is 0.875. The van der Waals surface area contributed by atoms with Crippen LogP contribution in [0.1, 0.15) is 55.5 Å². The maximum absolute atomic E-state index is 12.5. The van der Waals surface area contributed by atoms with Gasteiger partial charge < -0.3 is 4.90 Å². The molecule has 1 N–H and O–H groups in total. The van der Waals surface area contributed by atoms with Gasteiger partial charge in [0, 0.05) is 24.0 Å². The summed E-state index contributed by atoms with van der Waals surface area (Å²) < 4.78 is 1.20. The molecule has 2 unspecified atom stereocenters. The lowest BCUT2D eigenvalue weighted by Gasteiger charge is -2.32. The number of hydrogen-bond acceptors (Lipinski definition) is 3. The van der Waals surface area contributed by atoms with Crippen molar-refractivity contribution in [2.45, 2.75) is 57.5 Å². The highest BCUT2D eigenvalue weighted by Crippen LogP contribution is 2.38. The van der Waals surface area contributed by atoms with Crippen molar-refractivity contribution in [1.29, 1.82) is 0 Å². The highest BCUT2D eigenvalue weighted by atomic mass is 79.9. The predicted octanol–water partition coefficient (Wildman–Crippen LogP) is 3.88. The third-order valence-electron chi connectivity index (χ3n) is 4.57. The van der Waals surface area contributed by atoms with E-state index in [1.54, 1.807) is 0 Å². The molecule has 0 radical (unpaired) electrons. The summed E-state index contributed by atoms with van der Waals surface area (Å²) >= 11 is 5.43. The summed E-state index contributed by atoms with van der Waals surface area (Å²) in [5.74, 6) is 0.274. The van der Waals surface area contributed by atoms with Crippen molar-refractivity contribution in [3.8, 4) is 0 Å². The Morgan fingerprint density at radius 3 is 2.90 bits per heavy atom. The van der Waals surface area contributed by atoms with Gasteiger partial charge in [0.15, 0.2) is 0 Å². The van der Waals surface area contributed by atoms with Crippen molar-refractivity contribution in [2.24, 2.45) is 0 Å². The average Bonchev–Trinajstić information content (AvgIpc) is 2.88. The number of piperidine rings is 1. The summed E-state index contributed by atoms with van der Waals surface area (Å²) in [6, 6.07) is 2.48. The molecule has 0 bridgehead atoms. The van der Waals surface area contributed by atoms with E-state index in [1.165, 1.54) is 33.5 Å². The number of fused-ring (bicyclic) bond motifs is 1. The Balaban J connectivity index is 1.64. The minimum absolute atomic E-state index is 0.0854. The molecule has 116 valence electrons. The van der Waals surface area contributed by atoms with Crippen molar-refractivity contribution in [3.63, 3.8) is 0 Å². The van der Waals surface area contributed by atoms with Crippen molar-refractivity contribution in [1.82, 2.24) is 10.2 Å². The molecule has 5 heteroatoms. The molecule has 1 aromatic rings. The van der Waals surface area contributed by atoms with Crippen LogP contribution in [0.25, 0.3) is 0 Å². The minimum atomic E-state index is -0.0854. The zero-order valence-electron chi connectivity index (χ0n) is 12.5. The van der Waals surface area contributed by atoms with Crippen LogP contribution in [0.5, 0.6) is 0 Å². The number of nitrogens with one attached hydrogen (secondary N) is 1. The lowest BCUT2D eigenvalue weighted by atomic mass is 9.93. The first-order valence-corrected chi connectivity index (χ1v) is 9.59. The van der Waals surface area contributed by atoms with Gasteiger partial charge in [-0.1, -0.05) is 0 Å². The third-order valence-corrected chi connectivity index (χ3v) is 6.29. The van der Waals surface area contributed by atoms with E-state index in [2.05, 4.69) is 27.3 Å². The first-order valence-electron chi connectivity index (χ1n) is 7.98. The Bertz CT molecular complexity index is 510. The maximum atomic E-state index is 12.5. The average molecular weight is 371 g/mol. The molecule has 2 aliphatic rings. The van der Waals surface area contributed by atoms with E-state index in [4.69, 9.17) is 0 Å². The number of hydrogen-bond donors (Lipinski definition) is 1. The summed E-state index contributed by atoms with van der Waals surface area (Å²) in [7, 11) is 0. The van der Waals surface area contributed by atoms with Gasteiger partial charge in [0.2, 0.25) is 5.91 Å². The molecule has 2 atom stereocenters. The minimum Gasteiger partial charge on any atom is -0.341 e. The molecule has 0 saturated carbocycles. The summed E-state index contributed by atoms with van der Waals surface area (Å²) in [6.45, 7) is 3.89. The number of carbonyl (C=O) groups excluding carboxylic acids is 1. The third kappa shape index (κ3) is 3.51. The number of amides is 1. The van der Waals surface area contributed by atoms with Gasteiger partial charge in [-0.15, -0.1) is 11.3 Å². The van der Waals surface area contributed by atoms with Crippen LogP contribution in [0.15, 0.2) is 9.85 Å². The van der Waals surface area contributed by atoms with Crippen LogP contribution < -0.4 is 5.32 Å². The van der Waals surface area contributed by atoms with Gasteiger partial charge in [-0.25, -0.2) is 0 Å². The van der Waals surface area contributed by atoms with Crippen LogP contribution in [0.3, 0.4) is 0 Å². The number of rotatable bonds is 3. The Labute approximate surface area is 139 Å². The van der Waals surface area contributed by atoms with Crippen LogP contribution >= 0.6 is 27.3 Å². The topological polar surface area (TPSA) is 32.3 Å². The normalized spacial score (nSPS) is 23.7. The van der Waals surface area contributed by atoms with Crippen LogP contribution in [-0.2, 0) is 11.2 Å². The van der Waals surface area contributed by atoms with Gasteiger partial charge in [-0.3, -0.25) is 10.1 Å². The van der Waals surface area contributed by atoms with Gasteiger partial charge in [-0.05, 0) is 73.0 Å². The van der Waals surface area contributed by atoms with Gasteiger partial charge in [0.05, 0.1) is 9.83 Å². The van der Waals surface area contributed by atoms with E-state index < -0.39 is 0 Å². The summed E-state index contributed by atoms with van der Waals surface area (Å²) in [4.78, 5) is 16.1. The zero-order chi connectivity index (χ0) is 14.8. The second-order valence-electron chi connectivity index (χ2n) is 6.15. The van der Waals surface area contributed by atoms with Gasteiger partial charge >= 0.3 is 0 Å². The van der Waals surface area contributed by atoms with E-state index in [0.717, 1.165) is 32.4 Å². The molecular formula is C16H23BrN2OS. The van der Waals surface area contributed by atoms with Gasteiger partial charge in [0.25, 0.3) is 0 Å². The first-order chi connectivity index (χ1) is 10.1. The summed E-state index contributed by atoms with van der Waals surface area (Å²) in [5, 5.41) is 3.58. The van der Waals surface area contributed by atoms with Crippen LogP contribution in [-0.4, -0.2) is 29.9 Å². The monoisotopic (exact) mass is 370 g/mol. The summed E-state index contributed by atoms with van der Waals surface area (Å²) in [5.41, 5.74) is 1.40. The molecule has 0 spiro atoms. The molecule has 1 amide bonds. The van der Waals surface area contributed by atoms with E-state index in [-0.39, 0.29) is 11.9 Å². The van der Waals surface area contributed by atoms with E-state index >= 15 is 0 Å². The molecule has 1 aliphatic carbocycles. The molecule has 0 aromatic carbocycles. The fourth-order valence-corrected chi connectivity index (χ4v) is 5.28. The lowest BCUT2D eigenvalue weighted by Crippen LogP contribution is -2.48. The zero-order valence-corrected chi connectivity index (χ0v) is 14.9. The highest BCUT2D eigenvalue weighted by Gasteiger charge is 2.28. The number of aryl methyl sites for hydroxylation is 1. The molecule has 1 aromatic heterocycles. The van der Waals surface area contributed by atoms with Crippen molar-refractivity contribution in [2.75, 3.05) is 13.1 Å². The lowest BCUT2D eigenvalue weighted by molar-refractivity contribution is -0.134. The highest BCUT2D eigenvalue weighted by molar-refractivity contribution is 9.11. The number of carbonyl (C=O) groups is 1. The fraction of sp³-hybridized carbons (Fsp3) is 0.688. The Morgan fingerprint density at radius 2 is 2.14 bits per heavy atom. The van der Waals surface area contributed by atoms with E-state index in [9.17, 15) is 4.79 Å². The molecule has 21 heavy (non-hydrogen) atoms. The largest absolute Gasteiger partial charge is 0.341 e. The standard InChI is InChI=1S/C16H23BrN2OS/c1-11(16(20)19-8-3-2-4-9-19)18-13-6-5-7-14-12(13)10-15(17)21-14/h10-11,13,18H,2-9H2,1H3. The van der Waals surface area contributed by atoms with Crippen LogP contribution in [0, 0.1) is 0 Å². The number of thiophene rings is 1. The van der Waals surface area contributed by atoms with E-state index in [1.807, 2.05) is 23.2 Å². The fourth-order valence-electron chi connectivity index (χ4n) is 3.46. The van der Waals surface area contributed by atoms with Gasteiger partial charge in [0.1, 0.15) is 0 Å². The Hall–Kier alpha value is -0.390. The molecule has 2 heterocycles. The molecule has 1 aliphatic heterocycles. The number of halogens is 1. The number of likely N-dealkylation sites (tertiary alicyclic amines) is 1. The summed E-state index contributed by atoms with van der Waals surface area (Å²) in [6.07, 6.45) is 7.10. The molecule has 3 nitrogen and oxygen atoms in total. The second-order valence-corrected chi connectivity index (χ2v) is 8.66. The molecule has 3 rings (SSSR count). The first kappa shape index (κ1) is 15.5.